The first-order chi connectivity index (χ1) is 13.1. The number of halogens is 2. The van der Waals surface area contributed by atoms with Gasteiger partial charge in [-0.3, -0.25) is 4.79 Å². The van der Waals surface area contributed by atoms with Crippen molar-refractivity contribution in [2.24, 2.45) is 0 Å². The van der Waals surface area contributed by atoms with Crippen LogP contribution < -0.4 is 10.1 Å². The molecule has 0 fully saturated rings. The highest BCUT2D eigenvalue weighted by molar-refractivity contribution is 6.34. The molecular weight excluding hydrogens is 387 g/mol. The number of fused-ring (bicyclic) bond motifs is 1. The molecule has 1 aromatic rings. The summed E-state index contributed by atoms with van der Waals surface area (Å²) in [5, 5.41) is 2.52. The van der Waals surface area contributed by atoms with Crippen molar-refractivity contribution in [2.75, 3.05) is 25.0 Å². The van der Waals surface area contributed by atoms with Crippen LogP contribution in [0.25, 0.3) is 0 Å². The maximum absolute atomic E-state index is 14.1. The third kappa shape index (κ3) is 4.76. The Morgan fingerprint density at radius 3 is 2.71 bits per heavy atom. The van der Waals surface area contributed by atoms with E-state index in [2.05, 4.69) is 5.32 Å². The molecule has 8 heteroatoms. The molecule has 3 rings (SSSR count). The molecule has 2 aliphatic rings. The Balaban J connectivity index is 1.64. The normalized spacial score (nSPS) is 16.8. The van der Waals surface area contributed by atoms with E-state index in [1.807, 2.05) is 26.8 Å². The molecule has 2 aliphatic heterocycles. The fourth-order valence-electron chi connectivity index (χ4n) is 3.09. The summed E-state index contributed by atoms with van der Waals surface area (Å²) in [6.07, 6.45) is 2.98. The lowest BCUT2D eigenvalue weighted by atomic mass is 10.0. The number of amides is 2. The number of ether oxygens (including phenoxy) is 2. The lowest BCUT2D eigenvalue weighted by Crippen LogP contribution is -2.39. The maximum Gasteiger partial charge on any atom is 0.410 e. The maximum atomic E-state index is 14.1. The average Bonchev–Trinajstić information content (AvgIpc) is 2.62. The molecule has 0 aliphatic carbocycles. The Labute approximate surface area is 168 Å². The van der Waals surface area contributed by atoms with E-state index >= 15 is 0 Å². The van der Waals surface area contributed by atoms with Crippen LogP contribution in [0.3, 0.4) is 0 Å². The summed E-state index contributed by atoms with van der Waals surface area (Å²) in [5.74, 6) is -0.443. The molecule has 0 atom stereocenters. The third-order valence-corrected chi connectivity index (χ3v) is 4.89. The van der Waals surface area contributed by atoms with Gasteiger partial charge in [0.1, 0.15) is 28.8 Å². The van der Waals surface area contributed by atoms with E-state index in [4.69, 9.17) is 21.1 Å². The molecule has 6 nitrogen and oxygen atoms in total. The van der Waals surface area contributed by atoms with Gasteiger partial charge in [-0.25, -0.2) is 9.18 Å². The Hall–Kier alpha value is -2.28. The quantitative estimate of drug-likeness (QED) is 0.754. The van der Waals surface area contributed by atoms with Gasteiger partial charge in [-0.2, -0.15) is 0 Å². The van der Waals surface area contributed by atoms with Crippen molar-refractivity contribution in [3.63, 3.8) is 0 Å². The Morgan fingerprint density at radius 1 is 1.32 bits per heavy atom. The van der Waals surface area contributed by atoms with Crippen LogP contribution in [0.1, 0.15) is 39.2 Å². The second-order valence-electron chi connectivity index (χ2n) is 7.90. The minimum absolute atomic E-state index is 0.0970. The number of rotatable bonds is 3. The Morgan fingerprint density at radius 2 is 2.07 bits per heavy atom. The van der Waals surface area contributed by atoms with Gasteiger partial charge in [-0.05, 0) is 39.2 Å². The lowest BCUT2D eigenvalue weighted by molar-refractivity contribution is -0.116. The minimum Gasteiger partial charge on any atom is -0.489 e. The number of anilines is 1. The van der Waals surface area contributed by atoms with Crippen molar-refractivity contribution in [1.82, 2.24) is 4.90 Å². The van der Waals surface area contributed by atoms with Crippen LogP contribution >= 0.6 is 11.6 Å². The first kappa shape index (κ1) is 20.5. The van der Waals surface area contributed by atoms with E-state index in [1.165, 1.54) is 6.07 Å². The highest BCUT2D eigenvalue weighted by Crippen LogP contribution is 2.39. The number of carbonyl (C=O) groups excluding carboxylic acids is 2. The van der Waals surface area contributed by atoms with Gasteiger partial charge >= 0.3 is 6.09 Å². The third-order valence-electron chi connectivity index (χ3n) is 4.52. The molecule has 0 saturated heterocycles. The second kappa shape index (κ2) is 7.99. The molecule has 2 amide bonds. The predicted molar refractivity (Wildman–Crippen MR) is 104 cm³/mol. The zero-order valence-corrected chi connectivity index (χ0v) is 17.0. The molecular formula is C20H24ClFN2O4. The lowest BCUT2D eigenvalue weighted by Gasteiger charge is -2.29. The van der Waals surface area contributed by atoms with Gasteiger partial charge in [0, 0.05) is 31.1 Å². The zero-order valence-electron chi connectivity index (χ0n) is 16.2. The van der Waals surface area contributed by atoms with Crippen molar-refractivity contribution in [2.45, 2.75) is 45.6 Å². The summed E-state index contributed by atoms with van der Waals surface area (Å²) < 4.78 is 25.3. The molecule has 28 heavy (non-hydrogen) atoms. The number of benzene rings is 1. The molecule has 0 aromatic heterocycles. The monoisotopic (exact) mass is 410 g/mol. The molecule has 1 aromatic carbocycles. The summed E-state index contributed by atoms with van der Waals surface area (Å²) in [4.78, 5) is 25.3. The molecule has 0 bridgehead atoms. The smallest absolute Gasteiger partial charge is 0.410 e. The van der Waals surface area contributed by atoms with Crippen LogP contribution in [0.4, 0.5) is 14.9 Å². The van der Waals surface area contributed by atoms with Crippen LogP contribution in [-0.2, 0) is 16.0 Å². The van der Waals surface area contributed by atoms with Gasteiger partial charge in [0.05, 0.1) is 5.69 Å². The fraction of sp³-hybridized carbons (Fsp3) is 0.500. The molecule has 0 unspecified atom stereocenters. The largest absolute Gasteiger partial charge is 0.489 e. The van der Waals surface area contributed by atoms with Crippen LogP contribution in [-0.4, -0.2) is 42.2 Å². The zero-order chi connectivity index (χ0) is 20.5. The van der Waals surface area contributed by atoms with E-state index < -0.39 is 11.4 Å². The van der Waals surface area contributed by atoms with Crippen molar-refractivity contribution >= 4 is 29.3 Å². The number of carbonyl (C=O) groups is 2. The van der Waals surface area contributed by atoms with E-state index in [9.17, 15) is 14.0 Å². The average molecular weight is 411 g/mol. The van der Waals surface area contributed by atoms with Gasteiger partial charge in [-0.15, -0.1) is 0 Å². The summed E-state index contributed by atoms with van der Waals surface area (Å²) in [6, 6.07) is 1.26. The van der Waals surface area contributed by atoms with Gasteiger partial charge < -0.3 is 19.7 Å². The molecule has 1 N–H and O–H groups in total. The van der Waals surface area contributed by atoms with E-state index in [0.717, 1.165) is 5.57 Å². The highest BCUT2D eigenvalue weighted by atomic mass is 35.5. The van der Waals surface area contributed by atoms with Gasteiger partial charge in [0.25, 0.3) is 0 Å². The molecule has 0 radical (unpaired) electrons. The van der Waals surface area contributed by atoms with Crippen molar-refractivity contribution in [3.8, 4) is 5.75 Å². The molecule has 152 valence electrons. The Kier molecular flexibility index (Phi) is 5.84. The SMILES string of the molecule is CC(C)(C)OC(=O)N1CC=C(COc2cc(F)c(Cl)c3c2CCC(=O)N3)CC1. The first-order valence-corrected chi connectivity index (χ1v) is 9.61. The number of hydrogen-bond acceptors (Lipinski definition) is 4. The van der Waals surface area contributed by atoms with Gasteiger partial charge in [0.2, 0.25) is 5.91 Å². The molecule has 2 heterocycles. The van der Waals surface area contributed by atoms with Crippen LogP contribution in [0.15, 0.2) is 17.7 Å². The van der Waals surface area contributed by atoms with Gasteiger partial charge in [-0.1, -0.05) is 17.7 Å². The van der Waals surface area contributed by atoms with Crippen molar-refractivity contribution in [1.29, 1.82) is 0 Å². The van der Waals surface area contributed by atoms with E-state index in [-0.39, 0.29) is 23.6 Å². The standard InChI is InChI=1S/C20H24ClFN2O4/c1-20(2,3)28-19(26)24-8-6-12(7-9-24)11-27-15-10-14(22)17(21)18-13(15)4-5-16(25)23-18/h6,10H,4-5,7-9,11H2,1-3H3,(H,23,25). The highest BCUT2D eigenvalue weighted by Gasteiger charge is 2.26. The van der Waals surface area contributed by atoms with Crippen LogP contribution in [0.2, 0.25) is 5.02 Å². The summed E-state index contributed by atoms with van der Waals surface area (Å²) in [6.45, 7) is 6.75. The van der Waals surface area contributed by atoms with Crippen LogP contribution in [0, 0.1) is 5.82 Å². The fourth-order valence-corrected chi connectivity index (χ4v) is 3.31. The topological polar surface area (TPSA) is 67.9 Å². The summed E-state index contributed by atoms with van der Waals surface area (Å²) in [5.41, 5.74) is 1.49. The minimum atomic E-state index is -0.633. The van der Waals surface area contributed by atoms with E-state index in [0.29, 0.717) is 49.4 Å². The van der Waals surface area contributed by atoms with Crippen LogP contribution in [0.5, 0.6) is 5.75 Å². The predicted octanol–water partition coefficient (Wildman–Crippen LogP) is 4.31. The first-order valence-electron chi connectivity index (χ1n) is 9.23. The summed E-state index contributed by atoms with van der Waals surface area (Å²) in [7, 11) is 0. The van der Waals surface area contributed by atoms with E-state index in [1.54, 1.807) is 4.90 Å². The van der Waals surface area contributed by atoms with Gasteiger partial charge in [0.15, 0.2) is 0 Å². The second-order valence-corrected chi connectivity index (χ2v) is 8.28. The molecule has 0 saturated carbocycles. The Bertz CT molecular complexity index is 832. The number of hydrogen-bond donors (Lipinski definition) is 1. The number of nitrogens with zero attached hydrogens (tertiary/aromatic N) is 1. The van der Waals surface area contributed by atoms with Crippen molar-refractivity contribution in [3.05, 3.63) is 34.1 Å². The summed E-state index contributed by atoms with van der Waals surface area (Å²) >= 11 is 5.98. The van der Waals surface area contributed by atoms with Crippen molar-refractivity contribution < 1.29 is 23.5 Å². The molecule has 0 spiro atoms. The number of nitrogens with one attached hydrogen (secondary N) is 1.